The molecule has 5 nitrogen and oxygen atoms in total. The smallest absolute Gasteiger partial charge is 0.335 e. The summed E-state index contributed by atoms with van der Waals surface area (Å²) in [4.78, 5) is 19.0. The van der Waals surface area contributed by atoms with Crippen LogP contribution in [-0.2, 0) is 24.3 Å². The van der Waals surface area contributed by atoms with E-state index in [9.17, 15) is 4.79 Å². The quantitative estimate of drug-likeness (QED) is 0.567. The molecule has 0 aliphatic carbocycles. The Hall–Kier alpha value is -1.10. The summed E-state index contributed by atoms with van der Waals surface area (Å²) >= 11 is 0. The van der Waals surface area contributed by atoms with Crippen LogP contribution in [-0.4, -0.2) is 28.3 Å². The van der Waals surface area contributed by atoms with E-state index >= 15 is 0 Å². The molecule has 0 heterocycles. The first kappa shape index (κ1) is 23.6. The Kier molecular flexibility index (Phi) is 24.2. The van der Waals surface area contributed by atoms with E-state index < -0.39 is 5.97 Å². The Morgan fingerprint density at radius 3 is 1.73 bits per heavy atom. The molecule has 1 aromatic rings. The standard InChI is InChI=1S/C7H6O2.C2H4O.2H2O.Zn/c8-7(9)6-4-2-1-3-5-6;1-2-3;;;/h1-5H,(H,8,9);2H,1H3;2*1H2;. The van der Waals surface area contributed by atoms with Gasteiger partial charge in [0, 0.05) is 19.5 Å². The fourth-order valence-corrected chi connectivity index (χ4v) is 0.581. The second kappa shape index (κ2) is 15.4. The Morgan fingerprint density at radius 1 is 1.20 bits per heavy atom. The summed E-state index contributed by atoms with van der Waals surface area (Å²) < 4.78 is 0. The summed E-state index contributed by atoms with van der Waals surface area (Å²) in [5.41, 5.74) is 0.331. The van der Waals surface area contributed by atoms with Crippen LogP contribution in [0, 0.1) is 0 Å². The molecule has 1 rings (SSSR count). The topological polar surface area (TPSA) is 117 Å². The number of carboxylic acids is 1. The van der Waals surface area contributed by atoms with Crippen molar-refractivity contribution in [3.63, 3.8) is 0 Å². The van der Waals surface area contributed by atoms with Crippen molar-refractivity contribution >= 4 is 12.3 Å². The number of carbonyl (C=O) groups is 2. The molecule has 0 atom stereocenters. The summed E-state index contributed by atoms with van der Waals surface area (Å²) in [6, 6.07) is 8.30. The van der Waals surface area contributed by atoms with E-state index in [2.05, 4.69) is 0 Å². The molecular weight excluding hydrogens is 253 g/mol. The Morgan fingerprint density at radius 2 is 1.53 bits per heavy atom. The molecule has 0 aliphatic rings. The summed E-state index contributed by atoms with van der Waals surface area (Å²) in [5.74, 6) is -0.879. The van der Waals surface area contributed by atoms with Crippen LogP contribution in [0.4, 0.5) is 0 Å². The van der Waals surface area contributed by atoms with Crippen molar-refractivity contribution in [1.82, 2.24) is 0 Å². The van der Waals surface area contributed by atoms with Gasteiger partial charge in [0.15, 0.2) is 0 Å². The summed E-state index contributed by atoms with van der Waals surface area (Å²) in [6.45, 7) is 1.44. The van der Waals surface area contributed by atoms with Gasteiger partial charge in [-0.15, -0.1) is 0 Å². The molecule has 0 radical (unpaired) electrons. The van der Waals surface area contributed by atoms with E-state index in [-0.39, 0.29) is 30.4 Å². The summed E-state index contributed by atoms with van der Waals surface area (Å²) in [6.07, 6.45) is 0.750. The van der Waals surface area contributed by atoms with Gasteiger partial charge in [-0.1, -0.05) is 18.2 Å². The Bertz CT molecular complexity index is 250. The Balaban J connectivity index is -0.0000000917. The van der Waals surface area contributed by atoms with Gasteiger partial charge in [0.2, 0.25) is 0 Å². The van der Waals surface area contributed by atoms with E-state index in [4.69, 9.17) is 9.90 Å². The summed E-state index contributed by atoms with van der Waals surface area (Å²) in [5, 5.41) is 8.38. The predicted octanol–water partition coefficient (Wildman–Crippen LogP) is -0.0619. The molecule has 1 aromatic carbocycles. The third kappa shape index (κ3) is 12.9. The van der Waals surface area contributed by atoms with Crippen molar-refractivity contribution in [3.8, 4) is 0 Å². The number of hydrogen-bond donors (Lipinski definition) is 1. The van der Waals surface area contributed by atoms with E-state index in [1.165, 1.54) is 6.92 Å². The van der Waals surface area contributed by atoms with Gasteiger partial charge in [0.05, 0.1) is 5.56 Å². The number of benzene rings is 1. The van der Waals surface area contributed by atoms with Crippen LogP contribution in [0.25, 0.3) is 0 Å². The third-order valence-corrected chi connectivity index (χ3v) is 1.02. The fraction of sp³-hybridized carbons (Fsp3) is 0.111. The number of carbonyl (C=O) groups excluding carboxylic acids is 1. The summed E-state index contributed by atoms with van der Waals surface area (Å²) in [7, 11) is 0. The minimum atomic E-state index is -0.879. The number of carboxylic acid groups (broad SMARTS) is 1. The van der Waals surface area contributed by atoms with Gasteiger partial charge >= 0.3 is 5.97 Å². The first-order valence-corrected chi connectivity index (χ1v) is 3.40. The van der Waals surface area contributed by atoms with Crippen LogP contribution in [0.1, 0.15) is 17.3 Å². The van der Waals surface area contributed by atoms with Gasteiger partial charge in [-0.05, 0) is 19.1 Å². The normalized spacial score (nSPS) is 6.20. The number of aldehydes is 1. The predicted molar refractivity (Wildman–Crippen MR) is 52.4 cm³/mol. The molecule has 5 N–H and O–H groups in total. The first-order chi connectivity index (χ1) is 5.72. The zero-order valence-electron chi connectivity index (χ0n) is 8.43. The Labute approximate surface area is 100 Å². The van der Waals surface area contributed by atoms with Gasteiger partial charge in [0.25, 0.3) is 0 Å². The molecule has 0 saturated heterocycles. The SMILES string of the molecule is CC=O.O.O.O=C(O)c1ccccc1.[Zn]. The third-order valence-electron chi connectivity index (χ3n) is 1.02. The molecule has 0 aliphatic heterocycles. The second-order valence-corrected chi connectivity index (χ2v) is 1.91. The van der Waals surface area contributed by atoms with Crippen molar-refractivity contribution in [3.05, 3.63) is 35.9 Å². The zero-order valence-corrected chi connectivity index (χ0v) is 11.4. The molecule has 0 unspecified atom stereocenters. The van der Waals surface area contributed by atoms with E-state index in [0.29, 0.717) is 5.56 Å². The maximum Gasteiger partial charge on any atom is 0.335 e. The first-order valence-electron chi connectivity index (χ1n) is 3.40. The van der Waals surface area contributed by atoms with Gasteiger partial charge in [-0.2, -0.15) is 0 Å². The van der Waals surface area contributed by atoms with Crippen LogP contribution in [0.3, 0.4) is 0 Å². The van der Waals surface area contributed by atoms with Gasteiger partial charge in [0.1, 0.15) is 6.29 Å². The van der Waals surface area contributed by atoms with Crippen LogP contribution >= 0.6 is 0 Å². The number of aromatic carboxylic acids is 1. The van der Waals surface area contributed by atoms with Gasteiger partial charge < -0.3 is 20.9 Å². The van der Waals surface area contributed by atoms with Crippen LogP contribution in [0.15, 0.2) is 30.3 Å². The average molecular weight is 268 g/mol. The van der Waals surface area contributed by atoms with Gasteiger partial charge in [-0.25, -0.2) is 4.79 Å². The molecule has 0 amide bonds. The molecule has 0 spiro atoms. The van der Waals surface area contributed by atoms with Crippen molar-refractivity contribution < 1.29 is 45.1 Å². The minimum Gasteiger partial charge on any atom is -0.478 e. The van der Waals surface area contributed by atoms with E-state index in [1.54, 1.807) is 30.3 Å². The molecule has 6 heteroatoms. The maximum atomic E-state index is 10.2. The maximum absolute atomic E-state index is 10.2. The molecule has 0 aromatic heterocycles. The minimum absolute atomic E-state index is 0. The molecule has 0 saturated carbocycles. The molecular formula is C9H14O5Zn. The van der Waals surface area contributed by atoms with Crippen molar-refractivity contribution in [2.24, 2.45) is 0 Å². The largest absolute Gasteiger partial charge is 0.478 e. The van der Waals surface area contributed by atoms with E-state index in [1.807, 2.05) is 0 Å². The molecule has 0 fully saturated rings. The number of hydrogen-bond acceptors (Lipinski definition) is 2. The van der Waals surface area contributed by atoms with E-state index in [0.717, 1.165) is 6.29 Å². The fourth-order valence-electron chi connectivity index (χ4n) is 0.581. The van der Waals surface area contributed by atoms with Gasteiger partial charge in [-0.3, -0.25) is 0 Å². The van der Waals surface area contributed by atoms with Crippen LogP contribution in [0.2, 0.25) is 0 Å². The van der Waals surface area contributed by atoms with Crippen LogP contribution in [0.5, 0.6) is 0 Å². The average Bonchev–Trinajstić information content (AvgIpc) is 2.07. The molecule has 15 heavy (non-hydrogen) atoms. The van der Waals surface area contributed by atoms with Crippen molar-refractivity contribution in [2.75, 3.05) is 0 Å². The second-order valence-electron chi connectivity index (χ2n) is 1.91. The number of rotatable bonds is 1. The zero-order chi connectivity index (χ0) is 9.40. The molecule has 82 valence electrons. The van der Waals surface area contributed by atoms with Crippen molar-refractivity contribution in [2.45, 2.75) is 6.92 Å². The molecule has 0 bridgehead atoms. The van der Waals surface area contributed by atoms with Crippen molar-refractivity contribution in [1.29, 1.82) is 0 Å². The monoisotopic (exact) mass is 266 g/mol. The van der Waals surface area contributed by atoms with Crippen LogP contribution < -0.4 is 0 Å².